The summed E-state index contributed by atoms with van der Waals surface area (Å²) in [6, 6.07) is 3.36. The van der Waals surface area contributed by atoms with Crippen molar-refractivity contribution in [3.8, 4) is 0 Å². The first-order chi connectivity index (χ1) is 68.7. The van der Waals surface area contributed by atoms with Crippen LogP contribution in [0.15, 0.2) is 122 Å². The van der Waals surface area contributed by atoms with Gasteiger partial charge in [0.05, 0.1) is 31.7 Å². The summed E-state index contributed by atoms with van der Waals surface area (Å²) in [7, 11) is 0. The lowest BCUT2D eigenvalue weighted by molar-refractivity contribution is -0.143. The molecule has 2 heterocycles. The molecule has 18 amide bonds. The zero-order chi connectivity index (χ0) is 107. The number of aromatic nitrogens is 2. The van der Waals surface area contributed by atoms with Crippen LogP contribution in [0, 0.1) is 17.8 Å². The summed E-state index contributed by atoms with van der Waals surface area (Å²) in [5.41, 5.74) is 37.7. The van der Waals surface area contributed by atoms with Crippen LogP contribution in [0.5, 0.6) is 0 Å². The molecule has 6 aromatic rings. The zero-order valence-corrected chi connectivity index (χ0v) is 83.1. The number of carboxylic acid groups (broad SMARTS) is 3. The van der Waals surface area contributed by atoms with Crippen molar-refractivity contribution in [3.05, 3.63) is 144 Å². The highest BCUT2D eigenvalue weighted by molar-refractivity contribution is 7.80. The molecule has 6 rings (SSSR count). The van der Waals surface area contributed by atoms with Crippen molar-refractivity contribution >= 4 is 171 Å². The van der Waals surface area contributed by atoms with E-state index in [1.165, 1.54) is 13.8 Å². The van der Waals surface area contributed by atoms with E-state index in [9.17, 15) is 102 Å². The number of fused-ring (bicyclic) bond motifs is 2. The molecule has 0 bridgehead atoms. The van der Waals surface area contributed by atoms with Gasteiger partial charge in [-0.2, -0.15) is 25.3 Å². The molecule has 0 unspecified atom stereocenters. The number of para-hydroxylation sites is 2. The fourth-order valence-corrected chi connectivity index (χ4v) is 16.0. The van der Waals surface area contributed by atoms with E-state index in [2.05, 4.69) is 115 Å². The lowest BCUT2D eigenvalue weighted by atomic mass is 10.00. The van der Waals surface area contributed by atoms with Gasteiger partial charge >= 0.3 is 17.9 Å². The highest BCUT2D eigenvalue weighted by Gasteiger charge is 2.41. The van der Waals surface area contributed by atoms with Gasteiger partial charge in [-0.3, -0.25) is 95.9 Å². The van der Waals surface area contributed by atoms with Gasteiger partial charge in [0.25, 0.3) is 0 Å². The van der Waals surface area contributed by atoms with E-state index in [1.54, 1.807) is 149 Å². The minimum Gasteiger partial charge on any atom is -0.481 e. The van der Waals surface area contributed by atoms with E-state index in [1.807, 2.05) is 0 Å². The molecule has 0 fully saturated rings. The number of aliphatic carboxylic acids is 3. The number of benzene rings is 4. The quantitative estimate of drug-likeness (QED) is 0.0130. The molecule has 2 aromatic heterocycles. The van der Waals surface area contributed by atoms with Crippen molar-refractivity contribution in [2.45, 2.75) is 254 Å². The molecule has 0 aliphatic carbocycles. The molecule has 4 aromatic carbocycles. The van der Waals surface area contributed by atoms with E-state index in [0.717, 1.165) is 0 Å². The summed E-state index contributed by atoms with van der Waals surface area (Å²) in [6.07, 6.45) is -3.09. The first-order valence-electron chi connectivity index (χ1n) is 47.4. The first kappa shape index (κ1) is 119. The molecule has 0 aliphatic heterocycles. The Bertz CT molecular complexity index is 5500. The average Bonchev–Trinajstić information content (AvgIpc) is 1.67. The van der Waals surface area contributed by atoms with Crippen LogP contribution >= 0.6 is 25.3 Å². The fraction of sp³-hybridized carbons (Fsp3) is 0.490. The number of thiol groups is 2. The predicted molar refractivity (Wildman–Crippen MR) is 537 cm³/mol. The minimum absolute atomic E-state index is 0.0245. The Hall–Kier alpha value is -14.6. The molecule has 0 aliphatic rings. The Morgan fingerprint density at radius 1 is 0.310 bits per heavy atom. The van der Waals surface area contributed by atoms with E-state index in [-0.39, 0.29) is 102 Å². The number of nitrogens with one attached hydrogen (secondary N) is 17. The molecular formula is C96H135N23O24S2. The number of carbonyl (C=O) groups is 21. The van der Waals surface area contributed by atoms with E-state index >= 15 is 14.4 Å². The number of aromatic amines is 2. The van der Waals surface area contributed by atoms with Gasteiger partial charge in [0.2, 0.25) is 106 Å². The Kier molecular flexibility index (Phi) is 49.4. The van der Waals surface area contributed by atoms with Gasteiger partial charge in [-0.25, -0.2) is 4.79 Å². The second-order valence-corrected chi connectivity index (χ2v) is 37.0. The molecule has 16 atom stereocenters. The molecule has 47 nitrogen and oxygen atoms in total. The number of hydrogen-bond donors (Lipinski definition) is 28. The third kappa shape index (κ3) is 40.3. The Morgan fingerprint density at radius 3 is 0.952 bits per heavy atom. The zero-order valence-electron chi connectivity index (χ0n) is 81.3. The van der Waals surface area contributed by atoms with Crippen LogP contribution in [0.1, 0.15) is 154 Å². The van der Waals surface area contributed by atoms with Gasteiger partial charge in [-0.15, -0.1) is 0 Å². The second-order valence-electron chi connectivity index (χ2n) is 36.3. The lowest BCUT2D eigenvalue weighted by Gasteiger charge is -2.29. The van der Waals surface area contributed by atoms with Gasteiger partial charge in [-0.1, -0.05) is 139 Å². The summed E-state index contributed by atoms with van der Waals surface area (Å²) in [6.45, 7) is 10.1. The molecule has 32 N–H and O–H groups in total. The molecule has 0 saturated heterocycles. The van der Waals surface area contributed by atoms with Crippen LogP contribution in [-0.2, 0) is 126 Å². The number of hydrogen-bond acceptors (Lipinski definition) is 26. The lowest BCUT2D eigenvalue weighted by Crippen LogP contribution is -2.62. The maximum Gasteiger partial charge on any atom is 0.326 e. The van der Waals surface area contributed by atoms with Gasteiger partial charge < -0.3 is 139 Å². The summed E-state index contributed by atoms with van der Waals surface area (Å²) in [5.74, 6) is -26.4. The van der Waals surface area contributed by atoms with Crippen molar-refractivity contribution in [3.63, 3.8) is 0 Å². The number of H-pyrrole nitrogens is 2. The molecule has 0 saturated carbocycles. The van der Waals surface area contributed by atoms with Gasteiger partial charge in [0.15, 0.2) is 0 Å². The molecule has 0 spiro atoms. The number of amides is 18. The van der Waals surface area contributed by atoms with Gasteiger partial charge in [0, 0.05) is 77.8 Å². The Balaban J connectivity index is 1.25. The Labute approximate surface area is 847 Å². The summed E-state index contributed by atoms with van der Waals surface area (Å²) >= 11 is 8.59. The minimum atomic E-state index is -2.06. The molecule has 0 radical (unpaired) electrons. The van der Waals surface area contributed by atoms with Crippen LogP contribution in [-0.4, -0.2) is 271 Å². The largest absolute Gasteiger partial charge is 0.481 e. The van der Waals surface area contributed by atoms with Crippen LogP contribution in [0.3, 0.4) is 0 Å². The standard InChI is InChI=1S/C96H135N23O24S2/c1-49(2)35-64(85(131)116-72(96(142)143)36-50(3)4)109-90(136)71(44-77(102)122)115-94(140)73(47-144)117-87(133)66(38-53-23-11-8-12-24-53)110-88(134)67(39-54-45-103-59-27-15-13-25-56(54)59)112-82(128)61(29-17-19-33-97)105-86(132)65(37-52-21-9-7-10-22-52)111-91(137)70(43-76(101)121)113-83(129)62(30-18-20-34-98)106-89(135)69(42-75(100)120)114-84(130)63(31-32-78(123)124)107-93(139)74(48-145)118-95(141)80(51(5)6)119-92(138)68(108-81(127)58(99)41-79(125)126)40-55-46-104-60-28-16-14-26-57(55)60/h7-16,21-28,45-46,49-51,58,61-74,80,103-104,144-145H,17-20,29-44,47-48,97-99H2,1-6H3,(H2,100,120)(H2,101,121)(H2,102,122)(H,105,132)(H,106,135)(H,107,139)(H,108,127)(H,109,136)(H,110,134)(H,111,137)(H,112,128)(H,113,129)(H,114,130)(H,115,140)(H,116,131)(H,117,133)(H,118,141)(H,119,138)(H,123,124)(H,125,126)(H,142,143)/t58-,61-,62-,63-,64-,65-,66-,67-,68-,69-,70-,71-,72-,73-,74-,80-/m0/s1. The summed E-state index contributed by atoms with van der Waals surface area (Å²) < 4.78 is 0. The average molecular weight is 2060 g/mol. The summed E-state index contributed by atoms with van der Waals surface area (Å²) in [4.78, 5) is 298. The third-order valence-electron chi connectivity index (χ3n) is 23.1. The fourth-order valence-electron chi connectivity index (χ4n) is 15.5. The van der Waals surface area contributed by atoms with Crippen molar-refractivity contribution < 1.29 is 116 Å². The number of rotatable bonds is 65. The van der Waals surface area contributed by atoms with Crippen molar-refractivity contribution in [1.82, 2.24) is 89.7 Å². The SMILES string of the molecule is CC(C)C[C@H](NC(=O)[C@H](CC(C)C)NC(=O)[C@H](CC(N)=O)NC(=O)[C@H](CS)NC(=O)[C@H](Cc1ccccc1)NC(=O)[C@H](Cc1c[nH]c2ccccc12)NC(=O)[C@H](CCCCN)NC(=O)[C@H](Cc1ccccc1)NC(=O)[C@H](CC(N)=O)NC(=O)[C@H](CCCCN)NC(=O)[C@H](CC(N)=O)NC(=O)[C@H](CCC(=O)O)NC(=O)[C@H](CS)NC(=O)[C@@H](NC(=O)[C@H](Cc1c[nH]c2ccccc12)NC(=O)[C@@H](N)CC(=O)O)C(C)C)C(=O)O. The van der Waals surface area contributed by atoms with Crippen molar-refractivity contribution in [2.24, 2.45) is 52.2 Å². The van der Waals surface area contributed by atoms with Crippen LogP contribution in [0.25, 0.3) is 21.8 Å². The number of carbonyl (C=O) groups excluding carboxylic acids is 18. The normalized spacial score (nSPS) is 14.6. The number of carboxylic acids is 3. The van der Waals surface area contributed by atoms with Crippen molar-refractivity contribution in [1.29, 1.82) is 0 Å². The third-order valence-corrected chi connectivity index (χ3v) is 23.9. The molecule has 49 heteroatoms. The van der Waals surface area contributed by atoms with E-state index in [0.29, 0.717) is 44.1 Å². The topological polar surface area (TPSA) is 787 Å². The number of primary amides is 3. The van der Waals surface area contributed by atoms with E-state index < -0.39 is 277 Å². The van der Waals surface area contributed by atoms with Crippen molar-refractivity contribution in [2.75, 3.05) is 24.6 Å². The highest BCUT2D eigenvalue weighted by Crippen LogP contribution is 2.24. The Morgan fingerprint density at radius 2 is 0.600 bits per heavy atom. The highest BCUT2D eigenvalue weighted by atomic mass is 32.1. The van der Waals surface area contributed by atoms with Gasteiger partial charge in [0.1, 0.15) is 90.6 Å². The van der Waals surface area contributed by atoms with E-state index in [4.69, 9.17) is 34.4 Å². The van der Waals surface area contributed by atoms with Crippen LogP contribution in [0.4, 0.5) is 0 Å². The number of nitrogens with two attached hydrogens (primary N) is 6. The molecule has 145 heavy (non-hydrogen) atoms. The van der Waals surface area contributed by atoms with Crippen LogP contribution in [0.2, 0.25) is 0 Å². The number of unbranched alkanes of at least 4 members (excludes halogenated alkanes) is 2. The molecule has 790 valence electrons. The molecular weight excluding hydrogens is 1920 g/mol. The van der Waals surface area contributed by atoms with Crippen LogP contribution < -0.4 is 114 Å². The maximum absolute atomic E-state index is 15.4. The monoisotopic (exact) mass is 2060 g/mol. The second kappa shape index (κ2) is 60.1. The first-order valence-corrected chi connectivity index (χ1v) is 48.6. The summed E-state index contributed by atoms with van der Waals surface area (Å²) in [5, 5.41) is 67.8. The predicted octanol–water partition coefficient (Wildman–Crippen LogP) is -3.56. The van der Waals surface area contributed by atoms with Gasteiger partial charge in [-0.05, 0) is 123 Å². The smallest absolute Gasteiger partial charge is 0.326 e. The maximum atomic E-state index is 15.4.